The minimum absolute atomic E-state index is 0. The van der Waals surface area contributed by atoms with Crippen LogP contribution in [0.25, 0.3) is 43.8 Å². The smallest absolute Gasteiger partial charge is 1.00 e. The molecule has 6 aromatic rings. The normalized spacial score (nSPS) is 11.0. The number of benzene rings is 4. The topological polar surface area (TPSA) is 0 Å². The molecule has 0 unspecified atom stereocenters. The summed E-state index contributed by atoms with van der Waals surface area (Å²) in [6.45, 7) is 22.6. The third-order valence-corrected chi connectivity index (χ3v) is 8.61. The van der Waals surface area contributed by atoms with E-state index in [4.69, 9.17) is 0 Å². The van der Waals surface area contributed by atoms with E-state index in [0.29, 0.717) is 11.8 Å². The molecule has 6 aromatic carbocycles. The zero-order chi connectivity index (χ0) is 33.6. The molecule has 0 heterocycles. The van der Waals surface area contributed by atoms with Crippen LogP contribution in [0.15, 0.2) is 109 Å². The Morgan fingerprint density at radius 1 is 0.646 bits per heavy atom. The van der Waals surface area contributed by atoms with Gasteiger partial charge in [-0.2, -0.15) is 12.1 Å². The van der Waals surface area contributed by atoms with Crippen molar-refractivity contribution >= 4 is 27.0 Å². The van der Waals surface area contributed by atoms with E-state index in [9.17, 15) is 0 Å². The molecule has 0 aliphatic heterocycles. The molecular formula is C44H52Cl2SiZr-2. The van der Waals surface area contributed by atoms with Gasteiger partial charge in [-0.05, 0) is 45.9 Å². The van der Waals surface area contributed by atoms with Crippen molar-refractivity contribution in [3.8, 4) is 22.3 Å². The molecule has 4 heteroatoms. The van der Waals surface area contributed by atoms with Crippen molar-refractivity contribution < 1.29 is 48.1 Å². The molecule has 0 N–H and O–H groups in total. The summed E-state index contributed by atoms with van der Waals surface area (Å²) in [6.07, 6.45) is 1.10. The van der Waals surface area contributed by atoms with Crippen LogP contribution in [0.2, 0.25) is 13.1 Å². The third-order valence-electron chi connectivity index (χ3n) is 8.61. The Labute approximate surface area is 318 Å². The molecule has 0 radical (unpaired) electrons. The number of halogens is 2. The van der Waals surface area contributed by atoms with Gasteiger partial charge in [-0.25, -0.2) is 0 Å². The minimum Gasteiger partial charge on any atom is -1.00 e. The van der Waals surface area contributed by atoms with Gasteiger partial charge in [-0.15, -0.1) is 69.1 Å². The maximum absolute atomic E-state index is 2.35. The first-order chi connectivity index (χ1) is 21.8. The van der Waals surface area contributed by atoms with Gasteiger partial charge in [0.05, 0.1) is 0 Å². The minimum atomic E-state index is 0. The number of fused-ring (bicyclic) bond motifs is 2. The van der Waals surface area contributed by atoms with E-state index in [1.54, 1.807) is 23.3 Å². The fourth-order valence-corrected chi connectivity index (χ4v) is 5.79. The fraction of sp³-hybridized carbons (Fsp3) is 0.318. The van der Waals surface area contributed by atoms with Crippen LogP contribution >= 0.6 is 0 Å². The molecule has 0 aliphatic carbocycles. The van der Waals surface area contributed by atoms with Gasteiger partial charge in [0.1, 0.15) is 0 Å². The van der Waals surface area contributed by atoms with Gasteiger partial charge in [0.25, 0.3) is 0 Å². The second-order valence-corrected chi connectivity index (χ2v) is 23.8. The van der Waals surface area contributed by atoms with E-state index in [0.717, 1.165) is 6.42 Å². The van der Waals surface area contributed by atoms with Crippen LogP contribution in [0.5, 0.6) is 0 Å². The molecule has 6 rings (SSSR count). The van der Waals surface area contributed by atoms with Crippen LogP contribution in [0.4, 0.5) is 0 Å². The summed E-state index contributed by atoms with van der Waals surface area (Å²) >= 11 is 1.74. The SMILES string of the molecule is CC(C)c1cc2c(-c3ccc(C(C)(C)C)cc3)cccc2[cH-]1.CCc1cc2c(-c3ccc(C(C)C)cc3)cccc2[cH-]1.C[Si](C)=[Zr+2].[Cl-].[Cl-]. The first kappa shape index (κ1) is 41.9. The Bertz CT molecular complexity index is 1880. The van der Waals surface area contributed by atoms with Crippen molar-refractivity contribution in [1.82, 2.24) is 0 Å². The quantitative estimate of drug-likeness (QED) is 0.127. The second-order valence-electron chi connectivity index (χ2n) is 14.4. The summed E-state index contributed by atoms with van der Waals surface area (Å²) in [5, 5.41) is 5.45. The summed E-state index contributed by atoms with van der Waals surface area (Å²) in [7, 11) is 0. The second kappa shape index (κ2) is 18.7. The van der Waals surface area contributed by atoms with Crippen molar-refractivity contribution in [2.24, 2.45) is 0 Å². The molecule has 0 fully saturated rings. The zero-order valence-corrected chi connectivity index (χ0v) is 35.5. The van der Waals surface area contributed by atoms with Crippen molar-refractivity contribution in [2.45, 2.75) is 92.2 Å². The van der Waals surface area contributed by atoms with Crippen LogP contribution < -0.4 is 24.8 Å². The predicted molar refractivity (Wildman–Crippen MR) is 204 cm³/mol. The molecule has 0 saturated heterocycles. The monoisotopic (exact) mass is 768 g/mol. The van der Waals surface area contributed by atoms with Crippen molar-refractivity contribution in [3.63, 3.8) is 0 Å². The van der Waals surface area contributed by atoms with Gasteiger partial charge >= 0.3 is 41.9 Å². The van der Waals surface area contributed by atoms with Gasteiger partial charge in [0, 0.05) is 0 Å². The van der Waals surface area contributed by atoms with Gasteiger partial charge in [0.15, 0.2) is 0 Å². The largest absolute Gasteiger partial charge is 1.00 e. The molecule has 48 heavy (non-hydrogen) atoms. The summed E-state index contributed by atoms with van der Waals surface area (Å²) in [6, 6.07) is 40.6. The molecule has 0 aromatic heterocycles. The van der Waals surface area contributed by atoms with Crippen molar-refractivity contribution in [3.05, 3.63) is 131 Å². The first-order valence-corrected chi connectivity index (χ1v) is 23.1. The van der Waals surface area contributed by atoms with Crippen LogP contribution in [0, 0.1) is 0 Å². The molecule has 0 amide bonds. The summed E-state index contributed by atoms with van der Waals surface area (Å²) in [5.41, 5.74) is 11.3. The van der Waals surface area contributed by atoms with E-state index in [1.807, 2.05) is 0 Å². The molecule has 0 saturated carbocycles. The Morgan fingerprint density at radius 2 is 1.10 bits per heavy atom. The molecular weight excluding hydrogens is 719 g/mol. The average molecular weight is 771 g/mol. The maximum atomic E-state index is 2.35. The molecule has 0 bridgehead atoms. The van der Waals surface area contributed by atoms with E-state index >= 15 is 0 Å². The van der Waals surface area contributed by atoms with E-state index in [1.165, 1.54) is 66.1 Å². The summed E-state index contributed by atoms with van der Waals surface area (Å²) < 4.78 is 0. The van der Waals surface area contributed by atoms with E-state index in [2.05, 4.69) is 178 Å². The summed E-state index contributed by atoms with van der Waals surface area (Å²) in [4.78, 5) is 0. The first-order valence-electron chi connectivity index (χ1n) is 16.9. The number of aryl methyl sites for hydroxylation is 1. The summed E-state index contributed by atoms with van der Waals surface area (Å²) in [5.74, 6) is 1.16. The third kappa shape index (κ3) is 10.9. The standard InChI is InChI=1S/C22H25.C20H21.C2H6Si.2ClH.Zr/c1-15(2)18-13-17-7-6-8-20(21(17)14-18)16-9-11-19(12-10-16)22(3,4)5;1-4-15-12-18-6-5-7-19(20(18)13-15)17-10-8-16(9-11-17)14(2)3;1-3-2;;;/h6-15H,1-5H3;5-14H,4H2,1-3H3;1-2H3;2*1H;/q2*-1;;;;+2/p-2. The Morgan fingerprint density at radius 3 is 1.54 bits per heavy atom. The molecule has 252 valence electrons. The van der Waals surface area contributed by atoms with Gasteiger partial charge in [-0.3, -0.25) is 0 Å². The van der Waals surface area contributed by atoms with Gasteiger partial charge in [0.2, 0.25) is 0 Å². The Kier molecular flexibility index (Phi) is 16.3. The van der Waals surface area contributed by atoms with Crippen molar-refractivity contribution in [1.29, 1.82) is 0 Å². The molecule has 0 aliphatic rings. The molecule has 0 atom stereocenters. The molecule has 0 nitrogen and oxygen atoms in total. The zero-order valence-electron chi connectivity index (χ0n) is 30.5. The Hall–Kier alpha value is -2.22. The van der Waals surface area contributed by atoms with Crippen molar-refractivity contribution in [2.75, 3.05) is 0 Å². The average Bonchev–Trinajstić information content (AvgIpc) is 3.65. The van der Waals surface area contributed by atoms with E-state index in [-0.39, 0.29) is 35.7 Å². The fourth-order valence-electron chi connectivity index (χ4n) is 5.79. The number of hydrogen-bond acceptors (Lipinski definition) is 0. The van der Waals surface area contributed by atoms with Crippen LogP contribution in [-0.4, -0.2) is 5.43 Å². The number of rotatable bonds is 5. The van der Waals surface area contributed by atoms with Crippen LogP contribution in [-0.2, 0) is 35.2 Å². The predicted octanol–water partition coefficient (Wildman–Crippen LogP) is 7.35. The Balaban J connectivity index is 0.000000290. The number of hydrogen-bond donors (Lipinski definition) is 0. The van der Waals surface area contributed by atoms with Crippen LogP contribution in [0.3, 0.4) is 0 Å². The van der Waals surface area contributed by atoms with Crippen LogP contribution in [0.1, 0.15) is 89.5 Å². The maximum Gasteiger partial charge on any atom is -1.00 e. The van der Waals surface area contributed by atoms with Gasteiger partial charge in [-0.1, -0.05) is 127 Å². The van der Waals surface area contributed by atoms with E-state index < -0.39 is 0 Å². The van der Waals surface area contributed by atoms with Gasteiger partial charge < -0.3 is 24.8 Å². The molecule has 0 spiro atoms.